The molecule has 0 amide bonds. The van der Waals surface area contributed by atoms with E-state index in [2.05, 4.69) is 20.0 Å². The molecule has 2 aromatic carbocycles. The Morgan fingerprint density at radius 3 is 2.45 bits per heavy atom. The number of anilines is 1. The zero-order chi connectivity index (χ0) is 20.1. The first-order valence-corrected chi connectivity index (χ1v) is 8.62. The Morgan fingerprint density at radius 2 is 1.79 bits per heavy atom. The predicted molar refractivity (Wildman–Crippen MR) is 108 cm³/mol. The van der Waals surface area contributed by atoms with Gasteiger partial charge in [0.25, 0.3) is 0 Å². The zero-order valence-corrected chi connectivity index (χ0v) is 16.4. The van der Waals surface area contributed by atoms with Crippen LogP contribution < -0.4 is 15.8 Å². The van der Waals surface area contributed by atoms with Crippen LogP contribution in [0.25, 0.3) is 11.3 Å². The van der Waals surface area contributed by atoms with Gasteiger partial charge in [0.05, 0.1) is 10.7 Å². The van der Waals surface area contributed by atoms with E-state index in [0.717, 1.165) is 11.6 Å². The normalized spacial score (nSPS) is 12.0. The highest BCUT2D eigenvalue weighted by Crippen LogP contribution is 2.33. The van der Waals surface area contributed by atoms with E-state index < -0.39 is 12.1 Å². The lowest BCUT2D eigenvalue weighted by molar-refractivity contribution is -0.274. The van der Waals surface area contributed by atoms with Gasteiger partial charge in [0.2, 0.25) is 0 Å². The molecule has 0 bridgehead atoms. The summed E-state index contributed by atoms with van der Waals surface area (Å²) in [6.07, 6.45) is -3.46. The monoisotopic (exact) mass is 444 g/mol. The van der Waals surface area contributed by atoms with Crippen molar-refractivity contribution in [3.05, 3.63) is 71.5 Å². The lowest BCUT2D eigenvalue weighted by atomic mass is 10.1. The Bertz CT molecular complexity index is 942. The van der Waals surface area contributed by atoms with E-state index in [9.17, 15) is 13.2 Å². The van der Waals surface area contributed by atoms with Crippen molar-refractivity contribution in [2.45, 2.75) is 12.4 Å². The summed E-state index contributed by atoms with van der Waals surface area (Å²) in [4.78, 5) is 8.27. The topological polar surface area (TPSA) is 73.1 Å². The Morgan fingerprint density at radius 1 is 1.07 bits per heavy atom. The second-order valence-corrected chi connectivity index (χ2v) is 6.29. The molecular formula is C19H17Cl2F3N4O. The maximum absolute atomic E-state index is 12.4. The van der Waals surface area contributed by atoms with Crippen LogP contribution in [0.4, 0.5) is 19.0 Å². The fraction of sp³-hybridized carbons (Fsp3) is 0.158. The number of nitrogens with two attached hydrogens (primary N) is 1. The van der Waals surface area contributed by atoms with Crippen molar-refractivity contribution in [3.63, 3.8) is 0 Å². The number of nitrogens with one attached hydrogen (secondary N) is 1. The van der Waals surface area contributed by atoms with Crippen molar-refractivity contribution in [2.75, 3.05) is 11.9 Å². The average molecular weight is 445 g/mol. The van der Waals surface area contributed by atoms with Crippen LogP contribution in [0, 0.1) is 0 Å². The van der Waals surface area contributed by atoms with Gasteiger partial charge in [-0.1, -0.05) is 41.9 Å². The van der Waals surface area contributed by atoms with Gasteiger partial charge in [-0.15, -0.1) is 25.6 Å². The fourth-order valence-electron chi connectivity index (χ4n) is 2.51. The second-order valence-electron chi connectivity index (χ2n) is 5.88. The minimum atomic E-state index is -4.81. The van der Waals surface area contributed by atoms with Crippen LogP contribution in [0.15, 0.2) is 60.9 Å². The molecule has 1 heterocycles. The molecular weight excluding hydrogens is 428 g/mol. The Labute approximate surface area is 176 Å². The summed E-state index contributed by atoms with van der Waals surface area (Å²) in [6, 6.07) is 15.0. The third-order valence-electron chi connectivity index (χ3n) is 3.85. The van der Waals surface area contributed by atoms with Gasteiger partial charge in [-0.2, -0.15) is 0 Å². The quantitative estimate of drug-likeness (QED) is 0.544. The molecule has 0 aliphatic rings. The fourth-order valence-corrected chi connectivity index (χ4v) is 2.73. The first kappa shape index (κ1) is 22.7. The Kier molecular flexibility index (Phi) is 7.66. The standard InChI is InChI=1S/C19H16ClF3N4O.ClH/c20-14-8-13(6-7-17(14)28-19(21,22)23)16-9-18(27-11-26-16)25-10-15(24)12-4-2-1-3-5-12;/h1-9,11,15H,10,24H2,(H,25,26,27);1H. The van der Waals surface area contributed by atoms with Gasteiger partial charge in [0.1, 0.15) is 17.9 Å². The third-order valence-corrected chi connectivity index (χ3v) is 4.15. The minimum Gasteiger partial charge on any atom is -0.404 e. The first-order valence-electron chi connectivity index (χ1n) is 8.24. The molecule has 3 rings (SSSR count). The third kappa shape index (κ3) is 6.49. The van der Waals surface area contributed by atoms with Crippen LogP contribution in [0.1, 0.15) is 11.6 Å². The van der Waals surface area contributed by atoms with Gasteiger partial charge in [0.15, 0.2) is 0 Å². The number of hydrogen-bond donors (Lipinski definition) is 2. The molecule has 10 heteroatoms. The average Bonchev–Trinajstić information content (AvgIpc) is 2.67. The highest BCUT2D eigenvalue weighted by molar-refractivity contribution is 6.32. The van der Waals surface area contributed by atoms with E-state index in [1.54, 1.807) is 6.07 Å². The number of rotatable bonds is 6. The van der Waals surface area contributed by atoms with Crippen molar-refractivity contribution < 1.29 is 17.9 Å². The molecule has 0 saturated heterocycles. The summed E-state index contributed by atoms with van der Waals surface area (Å²) in [6.45, 7) is 0.444. The van der Waals surface area contributed by atoms with E-state index in [1.807, 2.05) is 30.3 Å². The summed E-state index contributed by atoms with van der Waals surface area (Å²) in [5, 5.41) is 2.96. The molecule has 0 radical (unpaired) electrons. The van der Waals surface area contributed by atoms with Crippen LogP contribution >= 0.6 is 24.0 Å². The summed E-state index contributed by atoms with van der Waals surface area (Å²) in [7, 11) is 0. The highest BCUT2D eigenvalue weighted by atomic mass is 35.5. The number of halogens is 5. The number of aromatic nitrogens is 2. The molecule has 1 aromatic heterocycles. The Balaban J connectivity index is 0.00000300. The molecule has 1 atom stereocenters. The number of alkyl halides is 3. The highest BCUT2D eigenvalue weighted by Gasteiger charge is 2.32. The van der Waals surface area contributed by atoms with Gasteiger partial charge >= 0.3 is 6.36 Å². The van der Waals surface area contributed by atoms with E-state index >= 15 is 0 Å². The van der Waals surface area contributed by atoms with E-state index in [0.29, 0.717) is 23.6 Å². The maximum atomic E-state index is 12.4. The molecule has 0 aliphatic heterocycles. The predicted octanol–water partition coefficient (Wildman–Crippen LogP) is 5.23. The van der Waals surface area contributed by atoms with Gasteiger partial charge < -0.3 is 15.8 Å². The zero-order valence-electron chi connectivity index (χ0n) is 14.9. The summed E-state index contributed by atoms with van der Waals surface area (Å²) in [5.41, 5.74) is 8.15. The van der Waals surface area contributed by atoms with Gasteiger partial charge in [-0.25, -0.2) is 9.97 Å². The summed E-state index contributed by atoms with van der Waals surface area (Å²) < 4.78 is 40.9. The van der Waals surface area contributed by atoms with Crippen molar-refractivity contribution >= 4 is 29.8 Å². The SMILES string of the molecule is Cl.NC(CNc1cc(-c2ccc(OC(F)(F)F)c(Cl)c2)ncn1)c1ccccc1. The maximum Gasteiger partial charge on any atom is 0.573 e. The Hall–Kier alpha value is -2.55. The minimum absolute atomic E-state index is 0. The van der Waals surface area contributed by atoms with E-state index in [-0.39, 0.29) is 23.5 Å². The molecule has 29 heavy (non-hydrogen) atoms. The van der Waals surface area contributed by atoms with Crippen LogP contribution in [-0.4, -0.2) is 22.9 Å². The van der Waals surface area contributed by atoms with Gasteiger partial charge in [0, 0.05) is 24.2 Å². The number of hydrogen-bond acceptors (Lipinski definition) is 5. The summed E-state index contributed by atoms with van der Waals surface area (Å²) >= 11 is 5.90. The number of nitrogens with zero attached hydrogens (tertiary/aromatic N) is 2. The molecule has 0 spiro atoms. The van der Waals surface area contributed by atoms with Crippen molar-refractivity contribution in [1.29, 1.82) is 0 Å². The molecule has 0 saturated carbocycles. The molecule has 3 aromatic rings. The largest absolute Gasteiger partial charge is 0.573 e. The first-order chi connectivity index (χ1) is 13.3. The van der Waals surface area contributed by atoms with Crippen LogP contribution in [0.3, 0.4) is 0 Å². The molecule has 0 aliphatic carbocycles. The number of ether oxygens (including phenoxy) is 1. The van der Waals surface area contributed by atoms with E-state index in [4.69, 9.17) is 17.3 Å². The lowest BCUT2D eigenvalue weighted by Crippen LogP contribution is -2.20. The van der Waals surface area contributed by atoms with Gasteiger partial charge in [-0.3, -0.25) is 0 Å². The van der Waals surface area contributed by atoms with E-state index in [1.165, 1.54) is 18.5 Å². The second kappa shape index (κ2) is 9.78. The number of benzene rings is 2. The van der Waals surface area contributed by atoms with Crippen molar-refractivity contribution in [3.8, 4) is 17.0 Å². The molecule has 154 valence electrons. The van der Waals surface area contributed by atoms with Crippen molar-refractivity contribution in [2.24, 2.45) is 5.73 Å². The molecule has 3 N–H and O–H groups in total. The molecule has 1 unspecified atom stereocenters. The van der Waals surface area contributed by atoms with Gasteiger partial charge in [-0.05, 0) is 23.8 Å². The smallest absolute Gasteiger partial charge is 0.404 e. The molecule has 0 fully saturated rings. The lowest BCUT2D eigenvalue weighted by Gasteiger charge is -2.14. The van der Waals surface area contributed by atoms with Crippen LogP contribution in [-0.2, 0) is 0 Å². The summed E-state index contributed by atoms with van der Waals surface area (Å²) in [5.74, 6) is 0.0577. The molecule has 5 nitrogen and oxygen atoms in total. The van der Waals surface area contributed by atoms with Crippen LogP contribution in [0.5, 0.6) is 5.75 Å². The van der Waals surface area contributed by atoms with Crippen molar-refractivity contribution in [1.82, 2.24) is 9.97 Å². The van der Waals surface area contributed by atoms with Crippen LogP contribution in [0.2, 0.25) is 5.02 Å².